The molecule has 5 heteroatoms. The minimum atomic E-state index is -0.560. The molecule has 0 aliphatic heterocycles. The van der Waals surface area contributed by atoms with Gasteiger partial charge >= 0.3 is 6.09 Å². The van der Waals surface area contributed by atoms with Gasteiger partial charge in [-0.15, -0.1) is 0 Å². The quantitative estimate of drug-likeness (QED) is 0.832. The van der Waals surface area contributed by atoms with E-state index >= 15 is 0 Å². The fourth-order valence-electron chi connectivity index (χ4n) is 1.90. The van der Waals surface area contributed by atoms with Crippen LogP contribution in [0.25, 0.3) is 11.1 Å². The maximum Gasteiger partial charge on any atom is 0.414 e. The third-order valence-electron chi connectivity index (χ3n) is 2.94. The number of nitrogens with zero attached hydrogens (tertiary/aromatic N) is 2. The van der Waals surface area contributed by atoms with Crippen molar-refractivity contribution in [2.45, 2.75) is 26.4 Å². The van der Waals surface area contributed by atoms with Crippen LogP contribution in [0, 0.1) is 5.82 Å². The lowest BCUT2D eigenvalue weighted by atomic mass is 10.1. The summed E-state index contributed by atoms with van der Waals surface area (Å²) < 4.78 is 18.6. The number of pyridine rings is 1. The van der Waals surface area contributed by atoms with E-state index in [1.165, 1.54) is 11.0 Å². The summed E-state index contributed by atoms with van der Waals surface area (Å²) in [7, 11) is 1.64. The highest BCUT2D eigenvalue weighted by Gasteiger charge is 2.20. The number of benzene rings is 1. The van der Waals surface area contributed by atoms with Gasteiger partial charge in [-0.25, -0.2) is 9.18 Å². The number of anilines is 1. The number of halogens is 1. The Kier molecular flexibility index (Phi) is 4.45. The molecule has 22 heavy (non-hydrogen) atoms. The standard InChI is InChI=1S/C17H19FN2O2/c1-17(2,3)22-16(21)20(4)15-7-5-6-12(9-15)13-8-14(18)11-19-10-13/h5-11H,1-4H3. The predicted octanol–water partition coefficient (Wildman–Crippen LogP) is 4.26. The number of rotatable bonds is 2. The molecule has 0 fully saturated rings. The number of hydrogen-bond acceptors (Lipinski definition) is 3. The molecular formula is C17H19FN2O2. The molecule has 1 amide bonds. The predicted molar refractivity (Wildman–Crippen MR) is 84.3 cm³/mol. The Balaban J connectivity index is 2.26. The Hall–Kier alpha value is -2.43. The summed E-state index contributed by atoms with van der Waals surface area (Å²) in [6.07, 6.45) is 2.29. The van der Waals surface area contributed by atoms with E-state index in [-0.39, 0.29) is 0 Å². The van der Waals surface area contributed by atoms with E-state index < -0.39 is 17.5 Å². The van der Waals surface area contributed by atoms with Crippen LogP contribution in [0.3, 0.4) is 0 Å². The Morgan fingerprint density at radius 2 is 1.91 bits per heavy atom. The highest BCUT2D eigenvalue weighted by atomic mass is 19.1. The van der Waals surface area contributed by atoms with E-state index in [0.29, 0.717) is 11.3 Å². The maximum absolute atomic E-state index is 13.3. The van der Waals surface area contributed by atoms with Gasteiger partial charge in [0.2, 0.25) is 0 Å². The van der Waals surface area contributed by atoms with E-state index in [2.05, 4.69) is 4.98 Å². The molecule has 1 aromatic carbocycles. The monoisotopic (exact) mass is 302 g/mol. The minimum absolute atomic E-state index is 0.400. The number of aromatic nitrogens is 1. The van der Waals surface area contributed by atoms with Gasteiger partial charge in [0.1, 0.15) is 11.4 Å². The lowest BCUT2D eigenvalue weighted by Gasteiger charge is -2.25. The molecule has 0 unspecified atom stereocenters. The van der Waals surface area contributed by atoms with Gasteiger partial charge < -0.3 is 4.74 Å². The van der Waals surface area contributed by atoms with Gasteiger partial charge in [-0.2, -0.15) is 0 Å². The molecule has 0 spiro atoms. The average molecular weight is 302 g/mol. The van der Waals surface area contributed by atoms with E-state index in [9.17, 15) is 9.18 Å². The van der Waals surface area contributed by atoms with Gasteiger partial charge in [-0.1, -0.05) is 12.1 Å². The molecule has 0 aliphatic rings. The smallest absolute Gasteiger partial charge is 0.414 e. The number of hydrogen-bond donors (Lipinski definition) is 0. The lowest BCUT2D eigenvalue weighted by molar-refractivity contribution is 0.0589. The van der Waals surface area contributed by atoms with Gasteiger partial charge in [0.15, 0.2) is 0 Å². The van der Waals surface area contributed by atoms with Gasteiger partial charge in [0, 0.05) is 24.5 Å². The van der Waals surface area contributed by atoms with Gasteiger partial charge in [0.05, 0.1) is 6.20 Å². The number of carbonyl (C=O) groups excluding carboxylic acids is 1. The van der Waals surface area contributed by atoms with E-state index in [1.807, 2.05) is 26.8 Å². The fraction of sp³-hybridized carbons (Fsp3) is 0.294. The second kappa shape index (κ2) is 6.13. The Morgan fingerprint density at radius 3 is 2.55 bits per heavy atom. The third kappa shape index (κ3) is 4.04. The van der Waals surface area contributed by atoms with Crippen LogP contribution in [-0.2, 0) is 4.74 Å². The highest BCUT2D eigenvalue weighted by Crippen LogP contribution is 2.25. The summed E-state index contributed by atoms with van der Waals surface area (Å²) in [5.74, 6) is -0.400. The molecule has 0 saturated heterocycles. The number of ether oxygens (including phenoxy) is 1. The summed E-state index contributed by atoms with van der Waals surface area (Å²) in [5, 5.41) is 0. The van der Waals surface area contributed by atoms with Crippen LogP contribution in [0.5, 0.6) is 0 Å². The molecule has 0 radical (unpaired) electrons. The van der Waals surface area contributed by atoms with Gasteiger partial charge in [-0.05, 0) is 44.5 Å². The van der Waals surface area contributed by atoms with Crippen LogP contribution in [0.2, 0.25) is 0 Å². The molecule has 2 aromatic rings. The summed E-state index contributed by atoms with van der Waals surface area (Å²) in [5.41, 5.74) is 1.53. The zero-order valence-corrected chi connectivity index (χ0v) is 13.1. The van der Waals surface area contributed by atoms with E-state index in [1.54, 1.807) is 31.4 Å². The van der Waals surface area contributed by atoms with Gasteiger partial charge in [-0.3, -0.25) is 9.88 Å². The van der Waals surface area contributed by atoms with E-state index in [0.717, 1.165) is 11.8 Å². The van der Waals surface area contributed by atoms with Crippen LogP contribution >= 0.6 is 0 Å². The topological polar surface area (TPSA) is 42.4 Å². The summed E-state index contributed by atoms with van der Waals surface area (Å²) in [6, 6.07) is 8.62. The van der Waals surface area contributed by atoms with Gasteiger partial charge in [0.25, 0.3) is 0 Å². The average Bonchev–Trinajstić information content (AvgIpc) is 2.45. The molecule has 0 N–H and O–H groups in total. The van der Waals surface area contributed by atoms with Crippen molar-refractivity contribution in [2.24, 2.45) is 0 Å². The maximum atomic E-state index is 13.3. The zero-order chi connectivity index (χ0) is 16.3. The SMILES string of the molecule is CN(C(=O)OC(C)(C)C)c1cccc(-c2cncc(F)c2)c1. The zero-order valence-electron chi connectivity index (χ0n) is 13.1. The first-order chi connectivity index (χ1) is 10.3. The molecule has 0 saturated carbocycles. The largest absolute Gasteiger partial charge is 0.443 e. The first-order valence-electron chi connectivity index (χ1n) is 6.94. The number of carbonyl (C=O) groups is 1. The molecular weight excluding hydrogens is 283 g/mol. The van der Waals surface area contributed by atoms with Crippen LogP contribution in [-0.4, -0.2) is 23.7 Å². The minimum Gasteiger partial charge on any atom is -0.443 e. The summed E-state index contributed by atoms with van der Waals surface area (Å²) in [6.45, 7) is 5.44. The van der Waals surface area contributed by atoms with Crippen LogP contribution in [0.15, 0.2) is 42.7 Å². The molecule has 4 nitrogen and oxygen atoms in total. The molecule has 0 aliphatic carbocycles. The van der Waals surface area contributed by atoms with Crippen molar-refractivity contribution < 1.29 is 13.9 Å². The highest BCUT2D eigenvalue weighted by molar-refractivity contribution is 5.88. The number of amides is 1. The third-order valence-corrected chi connectivity index (χ3v) is 2.94. The summed E-state index contributed by atoms with van der Waals surface area (Å²) in [4.78, 5) is 17.3. The van der Waals surface area contributed by atoms with Crippen LogP contribution in [0.1, 0.15) is 20.8 Å². The first-order valence-corrected chi connectivity index (χ1v) is 6.94. The summed E-state index contributed by atoms with van der Waals surface area (Å²) >= 11 is 0. The molecule has 1 aromatic heterocycles. The van der Waals surface area contributed by atoms with Crippen molar-refractivity contribution in [1.29, 1.82) is 0 Å². The van der Waals surface area contributed by atoms with Crippen LogP contribution < -0.4 is 4.90 Å². The fourth-order valence-corrected chi connectivity index (χ4v) is 1.90. The Labute approximate surface area is 129 Å². The van der Waals surface area contributed by atoms with Crippen molar-refractivity contribution in [3.05, 3.63) is 48.5 Å². The Bertz CT molecular complexity index is 680. The molecule has 2 rings (SSSR count). The lowest BCUT2D eigenvalue weighted by Crippen LogP contribution is -2.34. The molecule has 0 bridgehead atoms. The molecule has 0 atom stereocenters. The Morgan fingerprint density at radius 1 is 1.18 bits per heavy atom. The van der Waals surface area contributed by atoms with Crippen molar-refractivity contribution in [3.8, 4) is 11.1 Å². The van der Waals surface area contributed by atoms with Crippen molar-refractivity contribution in [1.82, 2.24) is 4.98 Å². The molecule has 1 heterocycles. The second-order valence-electron chi connectivity index (χ2n) is 5.98. The van der Waals surface area contributed by atoms with Crippen LogP contribution in [0.4, 0.5) is 14.9 Å². The molecule has 116 valence electrons. The first kappa shape index (κ1) is 15.9. The van der Waals surface area contributed by atoms with Crippen molar-refractivity contribution in [3.63, 3.8) is 0 Å². The van der Waals surface area contributed by atoms with E-state index in [4.69, 9.17) is 4.74 Å². The normalized spacial score (nSPS) is 11.1. The van der Waals surface area contributed by atoms with Crippen molar-refractivity contribution in [2.75, 3.05) is 11.9 Å². The second-order valence-corrected chi connectivity index (χ2v) is 5.98. The van der Waals surface area contributed by atoms with Crippen molar-refractivity contribution >= 4 is 11.8 Å².